The first kappa shape index (κ1) is 22.2. The van der Waals surface area contributed by atoms with Crippen LogP contribution in [0.3, 0.4) is 0 Å². The van der Waals surface area contributed by atoms with Gasteiger partial charge in [-0.1, -0.05) is 153 Å². The van der Waals surface area contributed by atoms with Crippen LogP contribution in [0.5, 0.6) is 11.5 Å². The van der Waals surface area contributed by atoms with Gasteiger partial charge < -0.3 is 14.3 Å². The predicted octanol–water partition coefficient (Wildman–Crippen LogP) is 8.46. The highest BCUT2D eigenvalue weighted by Gasteiger charge is 2.42. The fourth-order valence-electron chi connectivity index (χ4n) is 6.76. The maximum absolute atomic E-state index is 8.73. The Kier molecular flexibility index (Phi) is 5.54. The smallest absolute Gasteiger partial charge is 0.403 e. The number of anilines is 2. The van der Waals surface area contributed by atoms with E-state index in [1.54, 1.807) is 36.4 Å². The second-order valence-electron chi connectivity index (χ2n) is 11.7. The van der Waals surface area contributed by atoms with E-state index in [0.717, 1.165) is 27.9 Å². The van der Waals surface area contributed by atoms with Gasteiger partial charge in [0.05, 0.1) is 0 Å². The molecule has 8 rings (SSSR count). The topological polar surface area (TPSA) is 15.7 Å². The Bertz CT molecular complexity index is 2230. The van der Waals surface area contributed by atoms with Crippen LogP contribution in [0.25, 0.3) is 11.1 Å². The molecule has 3 nitrogen and oxygen atoms in total. The van der Waals surface area contributed by atoms with Crippen LogP contribution in [-0.4, -0.2) is 13.8 Å². The summed E-state index contributed by atoms with van der Waals surface area (Å²) in [7, 11) is 0. The van der Waals surface area contributed by atoms with Crippen LogP contribution >= 0.6 is 0 Å². The summed E-state index contributed by atoms with van der Waals surface area (Å²) in [5, 5.41) is 0. The third-order valence-electron chi connectivity index (χ3n) is 8.93. The van der Waals surface area contributed by atoms with E-state index in [1.165, 1.54) is 0 Å². The van der Waals surface area contributed by atoms with Crippen molar-refractivity contribution in [1.82, 2.24) is 0 Å². The second kappa shape index (κ2) is 11.5. The highest BCUT2D eigenvalue weighted by molar-refractivity contribution is 6.99. The van der Waals surface area contributed by atoms with Crippen molar-refractivity contribution in [3.05, 3.63) is 181 Å². The van der Waals surface area contributed by atoms with Crippen molar-refractivity contribution in [2.45, 2.75) is 19.1 Å². The summed E-state index contributed by atoms with van der Waals surface area (Å²) in [4.78, 5) is 2.27. The molecule has 220 valence electrons. The number of fused-ring (bicyclic) bond motifs is 2. The standard InChI is InChI=1S/C41H34B2N2O/c1-41(2)37-25-12-13-27-39(37)46-40-36(24-15-26-38(40)41)31-16-14-23-35(30-31)45-42(32-17-6-3-7-18-32)28-29-44(34-21-10-5-11-22-34)43(45)33-19-8-4-9-20-33/h3-30H,1-2H3/i1D3,2D3. The summed E-state index contributed by atoms with van der Waals surface area (Å²) < 4.78 is 61.3. The second-order valence-corrected chi connectivity index (χ2v) is 11.7. The van der Waals surface area contributed by atoms with E-state index in [4.69, 9.17) is 13.0 Å². The highest BCUT2D eigenvalue weighted by atomic mass is 16.5. The Morgan fingerprint density at radius 3 is 2.00 bits per heavy atom. The largest absolute Gasteiger partial charge is 0.456 e. The first-order valence-electron chi connectivity index (χ1n) is 18.5. The molecule has 0 atom stereocenters. The third kappa shape index (κ3) is 4.80. The molecule has 2 heterocycles. The highest BCUT2D eigenvalue weighted by Crippen LogP contribution is 2.51. The monoisotopic (exact) mass is 598 g/mol. The number of hydrogen-bond donors (Lipinski definition) is 0. The summed E-state index contributed by atoms with van der Waals surface area (Å²) in [5.41, 5.74) is 3.48. The average molecular weight is 598 g/mol. The van der Waals surface area contributed by atoms with Crippen LogP contribution in [0.4, 0.5) is 11.4 Å². The van der Waals surface area contributed by atoms with Gasteiger partial charge in [0.25, 0.3) is 0 Å². The van der Waals surface area contributed by atoms with Crippen LogP contribution < -0.4 is 25.2 Å². The quantitative estimate of drug-likeness (QED) is 0.185. The SMILES string of the molecule is [2H]C([2H])([2H])C1(C([2H])([2H])[2H])c2ccccc2Oc2c(-c3cccc(N4B(c5ccccc5)C=CN(c5ccccc5)B4c4ccccc4)c3)cccc21. The summed E-state index contributed by atoms with van der Waals surface area (Å²) >= 11 is 0. The number of ether oxygens (including phenoxy) is 1. The molecule has 46 heavy (non-hydrogen) atoms. The molecule has 2 aliphatic rings. The van der Waals surface area contributed by atoms with E-state index in [-0.39, 0.29) is 36.5 Å². The van der Waals surface area contributed by atoms with Gasteiger partial charge in [0.1, 0.15) is 11.5 Å². The molecular weight excluding hydrogens is 558 g/mol. The Balaban J connectivity index is 1.34. The van der Waals surface area contributed by atoms with Crippen LogP contribution in [0.2, 0.25) is 0 Å². The minimum atomic E-state index is -2.92. The number of para-hydroxylation sites is 3. The fourth-order valence-corrected chi connectivity index (χ4v) is 6.76. The molecule has 6 aromatic rings. The molecule has 0 unspecified atom stereocenters. The van der Waals surface area contributed by atoms with Gasteiger partial charge >= 0.3 is 13.8 Å². The van der Waals surface area contributed by atoms with E-state index in [9.17, 15) is 0 Å². The average Bonchev–Trinajstić information content (AvgIpc) is 3.16. The van der Waals surface area contributed by atoms with Crippen molar-refractivity contribution >= 4 is 36.1 Å². The lowest BCUT2D eigenvalue weighted by Crippen LogP contribution is -2.68. The molecular formula is C41H34B2N2O. The van der Waals surface area contributed by atoms with Gasteiger partial charge in [-0.3, -0.25) is 0 Å². The third-order valence-corrected chi connectivity index (χ3v) is 8.93. The summed E-state index contributed by atoms with van der Waals surface area (Å²) in [6, 6.07) is 50.9. The molecule has 0 saturated heterocycles. The van der Waals surface area contributed by atoms with Gasteiger partial charge in [0, 0.05) is 41.7 Å². The van der Waals surface area contributed by atoms with E-state index < -0.39 is 19.1 Å². The van der Waals surface area contributed by atoms with Crippen LogP contribution in [-0.2, 0) is 5.41 Å². The number of benzene rings is 6. The lowest BCUT2D eigenvalue weighted by molar-refractivity contribution is 0.419. The fraction of sp³-hybridized carbons (Fsp3) is 0.0732. The van der Waals surface area contributed by atoms with E-state index >= 15 is 0 Å². The van der Waals surface area contributed by atoms with Crippen molar-refractivity contribution in [3.8, 4) is 22.6 Å². The van der Waals surface area contributed by atoms with Gasteiger partial charge in [-0.15, -0.1) is 0 Å². The maximum Gasteiger partial charge on any atom is 0.403 e. The molecule has 0 amide bonds. The van der Waals surface area contributed by atoms with Gasteiger partial charge in [-0.05, 0) is 47.6 Å². The molecule has 5 heteroatoms. The Labute approximate surface area is 281 Å². The molecule has 0 radical (unpaired) electrons. The number of rotatable bonds is 5. The molecule has 0 N–H and O–H groups in total. The Hall–Kier alpha value is -5.41. The van der Waals surface area contributed by atoms with E-state index in [1.807, 2.05) is 60.7 Å². The van der Waals surface area contributed by atoms with Crippen LogP contribution in [0.15, 0.2) is 170 Å². The molecule has 0 aromatic heterocycles. The van der Waals surface area contributed by atoms with Crippen molar-refractivity contribution < 1.29 is 13.0 Å². The lowest BCUT2D eigenvalue weighted by atomic mass is 9.43. The molecule has 0 aliphatic carbocycles. The summed E-state index contributed by atoms with van der Waals surface area (Å²) in [6.07, 6.45) is 2.16. The molecule has 2 aliphatic heterocycles. The molecule has 0 saturated carbocycles. The Morgan fingerprint density at radius 2 is 1.24 bits per heavy atom. The van der Waals surface area contributed by atoms with Crippen molar-refractivity contribution in [1.29, 1.82) is 0 Å². The number of nitrogens with zero attached hydrogens (tertiary/aromatic N) is 2. The zero-order valence-corrected chi connectivity index (χ0v) is 25.1. The molecule has 0 fully saturated rings. The van der Waals surface area contributed by atoms with Crippen molar-refractivity contribution in [3.63, 3.8) is 0 Å². The summed E-state index contributed by atoms with van der Waals surface area (Å²) in [6.45, 7) is -6.23. The van der Waals surface area contributed by atoms with Gasteiger partial charge in [0.15, 0.2) is 0 Å². The zero-order valence-electron chi connectivity index (χ0n) is 31.1. The normalized spacial score (nSPS) is 17.3. The first-order valence-corrected chi connectivity index (χ1v) is 15.5. The minimum absolute atomic E-state index is 0.120. The predicted molar refractivity (Wildman–Crippen MR) is 195 cm³/mol. The molecule has 6 aromatic carbocycles. The van der Waals surface area contributed by atoms with Crippen molar-refractivity contribution in [2.24, 2.45) is 0 Å². The maximum atomic E-state index is 8.73. The minimum Gasteiger partial charge on any atom is -0.456 e. The van der Waals surface area contributed by atoms with Gasteiger partial charge in [-0.2, -0.15) is 0 Å². The van der Waals surface area contributed by atoms with E-state index in [2.05, 4.69) is 82.4 Å². The summed E-state index contributed by atoms with van der Waals surface area (Å²) in [5.74, 6) is 2.66. The van der Waals surface area contributed by atoms with Gasteiger partial charge in [-0.25, -0.2) is 0 Å². The lowest BCUT2D eigenvalue weighted by Gasteiger charge is -2.44. The molecule has 0 spiro atoms. The first-order chi connectivity index (χ1) is 25.1. The van der Waals surface area contributed by atoms with Gasteiger partial charge in [0.2, 0.25) is 0 Å². The number of hydrogen-bond acceptors (Lipinski definition) is 3. The molecule has 0 bridgehead atoms. The van der Waals surface area contributed by atoms with Crippen molar-refractivity contribution in [2.75, 3.05) is 9.53 Å². The van der Waals surface area contributed by atoms with E-state index in [0.29, 0.717) is 5.56 Å². The van der Waals surface area contributed by atoms with Crippen LogP contribution in [0, 0.1) is 0 Å². The Morgan fingerprint density at radius 1 is 0.609 bits per heavy atom. The van der Waals surface area contributed by atoms with Crippen LogP contribution in [0.1, 0.15) is 33.1 Å². The zero-order chi connectivity index (χ0) is 36.1.